The molecule has 2 rings (SSSR count). The van der Waals surface area contributed by atoms with Crippen LogP contribution in [0.3, 0.4) is 0 Å². The molecular weight excluding hydrogens is 318 g/mol. The van der Waals surface area contributed by atoms with Gasteiger partial charge in [-0.15, -0.1) is 0 Å². The predicted octanol–water partition coefficient (Wildman–Crippen LogP) is 4.96. The van der Waals surface area contributed by atoms with E-state index in [1.54, 1.807) is 18.2 Å². The number of halogens is 1. The SMILES string of the molecule is COC(=O)/C(=C/c1cc(Oc2ccccc2)ccc1Cl)N=[N+]=[N-]. The standard InChI is InChI=1S/C16H12ClN3O3/c1-22-16(21)15(19-20-18)10-11-9-13(7-8-14(11)17)23-12-5-3-2-4-6-12/h2-10H,1H3/b15-10-. The Morgan fingerprint density at radius 2 is 1.96 bits per heavy atom. The second-order valence-electron chi connectivity index (χ2n) is 4.31. The Bertz CT molecular complexity index is 784. The molecule has 0 aliphatic rings. The summed E-state index contributed by atoms with van der Waals surface area (Å²) in [6.45, 7) is 0. The second-order valence-corrected chi connectivity index (χ2v) is 4.72. The molecule has 0 bridgehead atoms. The summed E-state index contributed by atoms with van der Waals surface area (Å²) in [4.78, 5) is 14.2. The molecular formula is C16H12ClN3O3. The third-order valence-electron chi connectivity index (χ3n) is 2.79. The van der Waals surface area contributed by atoms with Crippen LogP contribution in [-0.4, -0.2) is 13.1 Å². The van der Waals surface area contributed by atoms with E-state index in [0.717, 1.165) is 0 Å². The minimum absolute atomic E-state index is 0.200. The molecule has 0 saturated carbocycles. The molecule has 0 fully saturated rings. The van der Waals surface area contributed by atoms with Gasteiger partial charge in [0.25, 0.3) is 0 Å². The molecule has 0 unspecified atom stereocenters. The summed E-state index contributed by atoms with van der Waals surface area (Å²) in [6.07, 6.45) is 1.34. The monoisotopic (exact) mass is 329 g/mol. The molecule has 0 amide bonds. The number of hydrogen-bond donors (Lipinski definition) is 0. The van der Waals surface area contributed by atoms with Gasteiger partial charge >= 0.3 is 5.97 Å². The molecule has 0 radical (unpaired) electrons. The van der Waals surface area contributed by atoms with Gasteiger partial charge in [-0.3, -0.25) is 0 Å². The van der Waals surface area contributed by atoms with Crippen molar-refractivity contribution in [1.29, 1.82) is 0 Å². The highest BCUT2D eigenvalue weighted by Crippen LogP contribution is 2.28. The van der Waals surface area contributed by atoms with Crippen LogP contribution in [0.1, 0.15) is 5.56 Å². The van der Waals surface area contributed by atoms with Crippen LogP contribution in [0, 0.1) is 0 Å². The van der Waals surface area contributed by atoms with Gasteiger partial charge in [0.15, 0.2) is 0 Å². The first-order chi connectivity index (χ1) is 11.1. The van der Waals surface area contributed by atoms with Crippen molar-refractivity contribution in [2.24, 2.45) is 5.11 Å². The fraction of sp³-hybridized carbons (Fsp3) is 0.0625. The molecule has 0 saturated heterocycles. The van der Waals surface area contributed by atoms with Gasteiger partial charge in [-0.25, -0.2) is 4.79 Å². The molecule has 0 spiro atoms. The fourth-order valence-electron chi connectivity index (χ4n) is 1.75. The van der Waals surface area contributed by atoms with E-state index in [0.29, 0.717) is 22.1 Å². The van der Waals surface area contributed by atoms with Crippen LogP contribution in [0.2, 0.25) is 5.02 Å². The number of hydrogen-bond acceptors (Lipinski definition) is 4. The molecule has 0 aromatic heterocycles. The van der Waals surface area contributed by atoms with Crippen LogP contribution in [0.4, 0.5) is 0 Å². The Kier molecular flexibility index (Phi) is 5.63. The number of benzene rings is 2. The minimum atomic E-state index is -0.756. The van der Waals surface area contributed by atoms with Crippen molar-refractivity contribution in [2.75, 3.05) is 7.11 Å². The number of ether oxygens (including phenoxy) is 2. The molecule has 0 N–H and O–H groups in total. The largest absolute Gasteiger partial charge is 0.466 e. The van der Waals surface area contributed by atoms with Gasteiger partial charge in [-0.2, -0.15) is 0 Å². The van der Waals surface area contributed by atoms with Crippen molar-refractivity contribution in [1.82, 2.24) is 0 Å². The van der Waals surface area contributed by atoms with Crippen molar-refractivity contribution in [3.8, 4) is 11.5 Å². The van der Waals surface area contributed by atoms with Crippen LogP contribution in [0.5, 0.6) is 11.5 Å². The second kappa shape index (κ2) is 7.89. The van der Waals surface area contributed by atoms with E-state index in [9.17, 15) is 4.79 Å². The maximum absolute atomic E-state index is 11.6. The van der Waals surface area contributed by atoms with E-state index < -0.39 is 5.97 Å². The van der Waals surface area contributed by atoms with Crippen molar-refractivity contribution < 1.29 is 14.3 Å². The highest BCUT2D eigenvalue weighted by atomic mass is 35.5. The normalized spacial score (nSPS) is 10.6. The molecule has 6 nitrogen and oxygen atoms in total. The van der Waals surface area contributed by atoms with Crippen molar-refractivity contribution in [3.63, 3.8) is 0 Å². The first-order valence-electron chi connectivity index (χ1n) is 6.51. The fourth-order valence-corrected chi connectivity index (χ4v) is 1.92. The first-order valence-corrected chi connectivity index (χ1v) is 6.89. The van der Waals surface area contributed by atoms with Gasteiger partial charge in [-0.1, -0.05) is 34.9 Å². The summed E-state index contributed by atoms with van der Waals surface area (Å²) < 4.78 is 10.3. The summed E-state index contributed by atoms with van der Waals surface area (Å²) in [5, 5.41) is 3.69. The Balaban J connectivity index is 2.36. The van der Waals surface area contributed by atoms with E-state index >= 15 is 0 Å². The lowest BCUT2D eigenvalue weighted by Gasteiger charge is -2.08. The number of nitrogens with zero attached hydrogens (tertiary/aromatic N) is 3. The van der Waals surface area contributed by atoms with Gasteiger partial charge in [0, 0.05) is 9.93 Å². The minimum Gasteiger partial charge on any atom is -0.466 e. The Labute approximate surface area is 137 Å². The summed E-state index contributed by atoms with van der Waals surface area (Å²) >= 11 is 6.10. The third kappa shape index (κ3) is 4.51. The van der Waals surface area contributed by atoms with Gasteiger partial charge < -0.3 is 9.47 Å². The van der Waals surface area contributed by atoms with Crippen LogP contribution in [-0.2, 0) is 9.53 Å². The van der Waals surface area contributed by atoms with E-state index in [4.69, 9.17) is 21.9 Å². The summed E-state index contributed by atoms with van der Waals surface area (Å²) in [6, 6.07) is 14.1. The Morgan fingerprint density at radius 1 is 1.22 bits per heavy atom. The average molecular weight is 330 g/mol. The first kappa shape index (κ1) is 16.4. The number of para-hydroxylation sites is 1. The Hall–Kier alpha value is -2.95. The van der Waals surface area contributed by atoms with Crippen molar-refractivity contribution in [3.05, 3.63) is 75.3 Å². The number of rotatable bonds is 5. The molecule has 0 heterocycles. The lowest BCUT2D eigenvalue weighted by Crippen LogP contribution is -2.02. The topological polar surface area (TPSA) is 84.3 Å². The molecule has 23 heavy (non-hydrogen) atoms. The van der Waals surface area contributed by atoms with Crippen LogP contribution in [0.15, 0.2) is 59.3 Å². The number of esters is 1. The Morgan fingerprint density at radius 3 is 2.61 bits per heavy atom. The molecule has 2 aromatic carbocycles. The zero-order chi connectivity index (χ0) is 16.7. The molecule has 0 aliphatic carbocycles. The smallest absolute Gasteiger partial charge is 0.340 e. The van der Waals surface area contributed by atoms with Crippen LogP contribution >= 0.6 is 11.6 Å². The van der Waals surface area contributed by atoms with E-state index in [2.05, 4.69) is 14.8 Å². The van der Waals surface area contributed by atoms with E-state index in [1.807, 2.05) is 30.3 Å². The summed E-state index contributed by atoms with van der Waals surface area (Å²) in [5.41, 5.74) is 8.80. The molecule has 7 heteroatoms. The average Bonchev–Trinajstić information content (AvgIpc) is 2.57. The lowest BCUT2D eigenvalue weighted by atomic mass is 10.2. The van der Waals surface area contributed by atoms with Gasteiger partial charge in [0.05, 0.1) is 7.11 Å². The zero-order valence-electron chi connectivity index (χ0n) is 12.1. The van der Waals surface area contributed by atoms with Gasteiger partial charge in [0.1, 0.15) is 17.2 Å². The highest BCUT2D eigenvalue weighted by Gasteiger charge is 2.10. The predicted molar refractivity (Wildman–Crippen MR) is 87.1 cm³/mol. The molecule has 116 valence electrons. The highest BCUT2D eigenvalue weighted by molar-refractivity contribution is 6.32. The number of methoxy groups -OCH3 is 1. The van der Waals surface area contributed by atoms with Gasteiger partial charge in [-0.05, 0) is 47.5 Å². The molecule has 0 atom stereocenters. The van der Waals surface area contributed by atoms with Crippen molar-refractivity contribution >= 4 is 23.6 Å². The van der Waals surface area contributed by atoms with Crippen LogP contribution in [0.25, 0.3) is 16.5 Å². The van der Waals surface area contributed by atoms with Crippen molar-refractivity contribution in [2.45, 2.75) is 0 Å². The zero-order valence-corrected chi connectivity index (χ0v) is 12.9. The van der Waals surface area contributed by atoms with E-state index in [-0.39, 0.29) is 5.70 Å². The molecule has 0 aliphatic heterocycles. The summed E-state index contributed by atoms with van der Waals surface area (Å²) in [5.74, 6) is 0.429. The lowest BCUT2D eigenvalue weighted by molar-refractivity contribution is -0.136. The summed E-state index contributed by atoms with van der Waals surface area (Å²) in [7, 11) is 1.19. The van der Waals surface area contributed by atoms with Gasteiger partial charge in [0.2, 0.25) is 0 Å². The maximum atomic E-state index is 11.6. The maximum Gasteiger partial charge on any atom is 0.340 e. The number of azide groups is 1. The number of carbonyl (C=O) groups excluding carboxylic acids is 1. The van der Waals surface area contributed by atoms with E-state index in [1.165, 1.54) is 13.2 Å². The van der Waals surface area contributed by atoms with Crippen LogP contribution < -0.4 is 4.74 Å². The quantitative estimate of drug-likeness (QED) is 0.255. The molecule has 2 aromatic rings. The number of carbonyl (C=O) groups is 1. The third-order valence-corrected chi connectivity index (χ3v) is 3.13.